The van der Waals surface area contributed by atoms with Crippen molar-refractivity contribution in [1.82, 2.24) is 14.8 Å². The second kappa shape index (κ2) is 8.32. The number of nitrogens with one attached hydrogen (secondary N) is 1. The van der Waals surface area contributed by atoms with Gasteiger partial charge in [-0.1, -0.05) is 18.5 Å². The van der Waals surface area contributed by atoms with Crippen LogP contribution in [0.5, 0.6) is 0 Å². The molecule has 0 atom stereocenters. The van der Waals surface area contributed by atoms with Crippen molar-refractivity contribution in [3.63, 3.8) is 0 Å². The van der Waals surface area contributed by atoms with Crippen LogP contribution in [0.1, 0.15) is 27.0 Å². The number of nitrogens with zero attached hydrogens (tertiary/aromatic N) is 3. The van der Waals surface area contributed by atoms with Gasteiger partial charge in [-0.2, -0.15) is 5.10 Å². The minimum absolute atomic E-state index is 0.402. The van der Waals surface area contributed by atoms with Crippen LogP contribution >= 0.6 is 22.9 Å². The molecule has 0 radical (unpaired) electrons. The number of carbonyl (C=O) groups excluding carboxylic acids is 2. The lowest BCUT2D eigenvalue weighted by Gasteiger charge is -2.11. The van der Waals surface area contributed by atoms with Crippen LogP contribution in [0.4, 0.5) is 5.69 Å². The first-order chi connectivity index (χ1) is 13.0. The van der Waals surface area contributed by atoms with Gasteiger partial charge in [-0.15, -0.1) is 11.3 Å². The zero-order chi connectivity index (χ0) is 19.4. The minimum atomic E-state index is -0.513. The maximum absolute atomic E-state index is 12.2. The second-order valence-corrected chi connectivity index (χ2v) is 7.36. The number of carbonyl (C=O) groups is 2. The molecule has 0 saturated carbocycles. The summed E-state index contributed by atoms with van der Waals surface area (Å²) in [6, 6.07) is 6.78. The molecule has 0 unspecified atom stereocenters. The third kappa shape index (κ3) is 4.53. The maximum Gasteiger partial charge on any atom is 0.348 e. The summed E-state index contributed by atoms with van der Waals surface area (Å²) < 4.78 is 6.63. The van der Waals surface area contributed by atoms with Crippen LogP contribution in [-0.4, -0.2) is 33.2 Å². The molecule has 3 aromatic rings. The Labute approximate surface area is 164 Å². The van der Waals surface area contributed by atoms with Gasteiger partial charge in [0.05, 0.1) is 11.4 Å². The van der Waals surface area contributed by atoms with Gasteiger partial charge >= 0.3 is 5.97 Å². The monoisotopic (exact) mass is 404 g/mol. The first kappa shape index (κ1) is 19.1. The lowest BCUT2D eigenvalue weighted by Crippen LogP contribution is -2.21. The van der Waals surface area contributed by atoms with Crippen LogP contribution in [0, 0.1) is 6.92 Å². The SMILES string of the molecule is CCc1cc(C(=O)OCC(=O)Nc2cc(Cl)ccc2-n2cncn2)sc1C. The van der Waals surface area contributed by atoms with Gasteiger partial charge in [0.1, 0.15) is 17.5 Å². The molecule has 140 valence electrons. The Balaban J connectivity index is 1.66. The number of esters is 1. The van der Waals surface area contributed by atoms with E-state index in [1.54, 1.807) is 24.3 Å². The quantitative estimate of drug-likeness (QED) is 0.634. The van der Waals surface area contributed by atoms with Crippen LogP contribution in [-0.2, 0) is 16.0 Å². The predicted octanol–water partition coefficient (Wildman–Crippen LogP) is 3.65. The van der Waals surface area contributed by atoms with Crippen LogP contribution < -0.4 is 5.32 Å². The van der Waals surface area contributed by atoms with E-state index in [4.69, 9.17) is 16.3 Å². The molecule has 1 N–H and O–H groups in total. The van der Waals surface area contributed by atoms with Crippen molar-refractivity contribution < 1.29 is 14.3 Å². The highest BCUT2D eigenvalue weighted by atomic mass is 35.5. The van der Waals surface area contributed by atoms with E-state index < -0.39 is 18.5 Å². The average molecular weight is 405 g/mol. The summed E-state index contributed by atoms with van der Waals surface area (Å²) in [7, 11) is 0. The fourth-order valence-corrected chi connectivity index (χ4v) is 3.68. The highest BCUT2D eigenvalue weighted by Gasteiger charge is 2.16. The third-order valence-corrected chi connectivity index (χ3v) is 5.14. The van der Waals surface area contributed by atoms with Gasteiger partial charge < -0.3 is 10.1 Å². The van der Waals surface area contributed by atoms with E-state index >= 15 is 0 Å². The zero-order valence-corrected chi connectivity index (χ0v) is 16.3. The van der Waals surface area contributed by atoms with Crippen LogP contribution in [0.25, 0.3) is 5.69 Å². The molecule has 9 heteroatoms. The Bertz CT molecular complexity index is 969. The molecule has 0 bridgehead atoms. The Morgan fingerprint density at radius 3 is 2.81 bits per heavy atom. The number of ether oxygens (including phenoxy) is 1. The molecule has 3 rings (SSSR count). The van der Waals surface area contributed by atoms with Crippen molar-refractivity contribution in [3.05, 3.63) is 57.3 Å². The Kier molecular flexibility index (Phi) is 5.88. The number of halogens is 1. The van der Waals surface area contributed by atoms with Gasteiger partial charge in [-0.25, -0.2) is 14.5 Å². The molecule has 1 amide bonds. The number of thiophene rings is 1. The smallest absolute Gasteiger partial charge is 0.348 e. The fourth-order valence-electron chi connectivity index (χ4n) is 2.50. The molecule has 2 aromatic heterocycles. The number of rotatable bonds is 6. The van der Waals surface area contributed by atoms with Crippen LogP contribution in [0.15, 0.2) is 36.9 Å². The van der Waals surface area contributed by atoms with Gasteiger partial charge in [-0.05, 0) is 43.2 Å². The van der Waals surface area contributed by atoms with Crippen LogP contribution in [0.3, 0.4) is 0 Å². The molecule has 27 heavy (non-hydrogen) atoms. The van der Waals surface area contributed by atoms with Gasteiger partial charge in [0.25, 0.3) is 5.91 Å². The van der Waals surface area contributed by atoms with Crippen molar-refractivity contribution in [2.75, 3.05) is 11.9 Å². The highest BCUT2D eigenvalue weighted by molar-refractivity contribution is 7.14. The topological polar surface area (TPSA) is 86.1 Å². The van der Waals surface area contributed by atoms with Crippen molar-refractivity contribution >= 4 is 40.5 Å². The van der Waals surface area contributed by atoms with E-state index in [1.165, 1.54) is 28.7 Å². The molecular weight excluding hydrogens is 388 g/mol. The van der Waals surface area contributed by atoms with E-state index in [2.05, 4.69) is 15.4 Å². The van der Waals surface area contributed by atoms with E-state index in [9.17, 15) is 9.59 Å². The first-order valence-electron chi connectivity index (χ1n) is 8.18. The lowest BCUT2D eigenvalue weighted by molar-refractivity contribution is -0.119. The highest BCUT2D eigenvalue weighted by Crippen LogP contribution is 2.24. The Morgan fingerprint density at radius 2 is 2.15 bits per heavy atom. The lowest BCUT2D eigenvalue weighted by atomic mass is 10.2. The number of aromatic nitrogens is 3. The molecule has 0 aliphatic heterocycles. The molecule has 0 aliphatic carbocycles. The van der Waals surface area contributed by atoms with Gasteiger partial charge in [-0.3, -0.25) is 4.79 Å². The van der Waals surface area contributed by atoms with E-state index in [0.717, 1.165) is 16.9 Å². The number of hydrogen-bond acceptors (Lipinski definition) is 6. The zero-order valence-electron chi connectivity index (χ0n) is 14.7. The first-order valence-corrected chi connectivity index (χ1v) is 9.38. The maximum atomic E-state index is 12.2. The average Bonchev–Trinajstić information content (AvgIpc) is 3.29. The second-order valence-electron chi connectivity index (χ2n) is 5.67. The van der Waals surface area contributed by atoms with Crippen molar-refractivity contribution in [1.29, 1.82) is 0 Å². The fraction of sp³-hybridized carbons (Fsp3) is 0.222. The molecule has 0 aliphatic rings. The summed E-state index contributed by atoms with van der Waals surface area (Å²) in [4.78, 5) is 29.8. The number of benzene rings is 1. The van der Waals surface area contributed by atoms with Gasteiger partial charge in [0.15, 0.2) is 6.61 Å². The molecule has 2 heterocycles. The summed E-state index contributed by atoms with van der Waals surface area (Å²) in [5.41, 5.74) is 2.14. The molecular formula is C18H17ClN4O3S. The summed E-state index contributed by atoms with van der Waals surface area (Å²) in [5, 5.41) is 7.18. The summed E-state index contributed by atoms with van der Waals surface area (Å²) in [5.74, 6) is -0.989. The molecule has 0 fully saturated rings. The normalized spacial score (nSPS) is 10.6. The number of aryl methyl sites for hydroxylation is 2. The summed E-state index contributed by atoms with van der Waals surface area (Å²) in [6.07, 6.45) is 3.73. The molecule has 0 saturated heterocycles. The third-order valence-electron chi connectivity index (χ3n) is 3.84. The Morgan fingerprint density at radius 1 is 1.33 bits per heavy atom. The van der Waals surface area contributed by atoms with E-state index in [0.29, 0.717) is 21.3 Å². The number of amides is 1. The van der Waals surface area contributed by atoms with Crippen molar-refractivity contribution in [2.45, 2.75) is 20.3 Å². The van der Waals surface area contributed by atoms with Crippen molar-refractivity contribution in [3.8, 4) is 5.69 Å². The van der Waals surface area contributed by atoms with E-state index in [1.807, 2.05) is 13.8 Å². The largest absolute Gasteiger partial charge is 0.451 e. The summed E-state index contributed by atoms with van der Waals surface area (Å²) in [6.45, 7) is 3.58. The van der Waals surface area contributed by atoms with E-state index in [-0.39, 0.29) is 0 Å². The molecule has 1 aromatic carbocycles. The van der Waals surface area contributed by atoms with Gasteiger partial charge in [0.2, 0.25) is 0 Å². The van der Waals surface area contributed by atoms with Crippen molar-refractivity contribution in [2.24, 2.45) is 0 Å². The number of anilines is 1. The minimum Gasteiger partial charge on any atom is -0.451 e. The van der Waals surface area contributed by atoms with Crippen LogP contribution in [0.2, 0.25) is 5.02 Å². The standard InChI is InChI=1S/C18H17ClN4O3S/c1-3-12-6-16(27-11(12)2)18(25)26-8-17(24)22-14-7-13(19)4-5-15(14)23-10-20-9-21-23/h4-7,9-10H,3,8H2,1-2H3,(H,22,24). The molecule has 0 spiro atoms. The van der Waals surface area contributed by atoms with Gasteiger partial charge in [0, 0.05) is 9.90 Å². The Hall–Kier alpha value is -2.71. The predicted molar refractivity (Wildman–Crippen MR) is 104 cm³/mol. The molecule has 7 nitrogen and oxygen atoms in total. The number of hydrogen-bond donors (Lipinski definition) is 1. The summed E-state index contributed by atoms with van der Waals surface area (Å²) >= 11 is 7.38.